The summed E-state index contributed by atoms with van der Waals surface area (Å²) in [6.07, 6.45) is 0.564. The number of aromatic nitrogens is 5. The van der Waals surface area contributed by atoms with E-state index in [-0.39, 0.29) is 68.0 Å². The lowest BCUT2D eigenvalue weighted by Crippen LogP contribution is -2.26. The lowest BCUT2D eigenvalue weighted by atomic mass is 10.1. The minimum absolute atomic E-state index is 0.137. The van der Waals surface area contributed by atoms with E-state index in [1.807, 2.05) is 61.8 Å². The van der Waals surface area contributed by atoms with Gasteiger partial charge in [0, 0.05) is 69.4 Å². The standard InChI is InChI=1S/C47H46N8O9S.C2H6/c1-29(2)43(65)53-31-17-15-30(16-18-31)19-20-64-38-21-36(27-54(23-32-7-3-11-39(49-32)44(56)57)24-33-8-4-12-40(50-33)45(58)59)48-37(22-38)28-55(25-34-9-5-13-41(51-34)46(60)61)26-35-10-6-14-42(52-35)47(62)63;1-2/h3-18,21-22,29H,19-20,23-28H2,1-2H3,(H,53,65)(H,56,57)(H,58,59)(H,60,61)(H,62,63);1-2H3. The monoisotopic (exact) mass is 928 g/mol. The minimum atomic E-state index is -1.19. The highest BCUT2D eigenvalue weighted by Crippen LogP contribution is 2.22. The highest BCUT2D eigenvalue weighted by Gasteiger charge is 2.19. The number of benzene rings is 1. The molecule has 0 spiro atoms. The van der Waals surface area contributed by atoms with Gasteiger partial charge in [0.1, 0.15) is 28.5 Å². The molecule has 0 aliphatic heterocycles. The summed E-state index contributed by atoms with van der Waals surface area (Å²) in [5, 5.41) is 41.9. The molecule has 6 aromatic rings. The highest BCUT2D eigenvalue weighted by atomic mass is 32.1. The van der Waals surface area contributed by atoms with Crippen LogP contribution >= 0.6 is 12.2 Å². The second-order valence-corrected chi connectivity index (χ2v) is 15.7. The maximum absolute atomic E-state index is 11.8. The molecular weight excluding hydrogens is 877 g/mol. The molecule has 0 bridgehead atoms. The van der Waals surface area contributed by atoms with E-state index in [0.29, 0.717) is 52.9 Å². The Hall–Kier alpha value is -7.54. The number of nitrogens with one attached hydrogen (secondary N) is 1. The smallest absolute Gasteiger partial charge is 0.354 e. The molecule has 0 saturated carbocycles. The predicted molar refractivity (Wildman–Crippen MR) is 253 cm³/mol. The number of ether oxygens (including phenoxy) is 1. The van der Waals surface area contributed by atoms with Crippen LogP contribution < -0.4 is 10.1 Å². The number of carboxylic acids is 4. The van der Waals surface area contributed by atoms with Gasteiger partial charge in [-0.1, -0.05) is 76.3 Å². The predicted octanol–water partition coefficient (Wildman–Crippen LogP) is 7.90. The maximum atomic E-state index is 11.8. The summed E-state index contributed by atoms with van der Waals surface area (Å²) in [4.78, 5) is 74.2. The first kappa shape index (κ1) is 50.5. The fraction of sp³-hybridized carbons (Fsp3) is 0.265. The van der Waals surface area contributed by atoms with Crippen molar-refractivity contribution in [3.05, 3.63) is 172 Å². The van der Waals surface area contributed by atoms with Gasteiger partial charge in [0.2, 0.25) is 0 Å². The number of aromatic carboxylic acids is 4. The van der Waals surface area contributed by atoms with Gasteiger partial charge >= 0.3 is 23.9 Å². The second-order valence-electron chi connectivity index (χ2n) is 15.3. The number of nitrogens with zero attached hydrogens (tertiary/aromatic N) is 7. The Morgan fingerprint density at radius 2 is 0.881 bits per heavy atom. The van der Waals surface area contributed by atoms with Crippen LogP contribution in [0.3, 0.4) is 0 Å². The zero-order valence-electron chi connectivity index (χ0n) is 37.5. The summed E-state index contributed by atoms with van der Waals surface area (Å²) in [5.41, 5.74) is 4.20. The highest BCUT2D eigenvalue weighted by molar-refractivity contribution is 7.80. The third kappa shape index (κ3) is 15.8. The number of rotatable bonds is 22. The normalized spacial score (nSPS) is 10.9. The lowest BCUT2D eigenvalue weighted by Gasteiger charge is -2.24. The molecule has 0 unspecified atom stereocenters. The van der Waals surface area contributed by atoms with E-state index in [9.17, 15) is 39.6 Å². The van der Waals surface area contributed by atoms with Crippen molar-refractivity contribution in [2.45, 2.75) is 73.4 Å². The van der Waals surface area contributed by atoms with Crippen molar-refractivity contribution >= 4 is 46.8 Å². The summed E-state index contributed by atoms with van der Waals surface area (Å²) in [7, 11) is 0. The first-order chi connectivity index (χ1) is 32.2. The molecule has 0 amide bonds. The van der Waals surface area contributed by atoms with Crippen LogP contribution in [0.4, 0.5) is 5.69 Å². The third-order valence-electron chi connectivity index (χ3n) is 9.73. The molecule has 5 N–H and O–H groups in total. The molecule has 0 fully saturated rings. The Labute approximate surface area is 393 Å². The van der Waals surface area contributed by atoms with Gasteiger partial charge in [-0.2, -0.15) is 0 Å². The van der Waals surface area contributed by atoms with Crippen LogP contribution in [0.5, 0.6) is 5.75 Å². The fourth-order valence-electron chi connectivity index (χ4n) is 6.65. The Bertz CT molecular complexity index is 2420. The van der Waals surface area contributed by atoms with Crippen LogP contribution in [0.25, 0.3) is 0 Å². The molecule has 17 nitrogen and oxygen atoms in total. The Morgan fingerprint density at radius 3 is 1.21 bits per heavy atom. The van der Waals surface area contributed by atoms with E-state index in [1.165, 1.54) is 24.3 Å². The number of carbonyl (C=O) groups is 4. The zero-order valence-corrected chi connectivity index (χ0v) is 38.3. The van der Waals surface area contributed by atoms with Crippen molar-refractivity contribution < 1.29 is 44.3 Å². The quantitative estimate of drug-likeness (QED) is 0.0406. The van der Waals surface area contributed by atoms with Crippen LogP contribution in [0.15, 0.2) is 109 Å². The van der Waals surface area contributed by atoms with Crippen molar-refractivity contribution in [3.8, 4) is 5.75 Å². The first-order valence-electron chi connectivity index (χ1n) is 21.4. The number of pyridine rings is 5. The van der Waals surface area contributed by atoms with Gasteiger partial charge in [0.15, 0.2) is 0 Å². The van der Waals surface area contributed by atoms with Crippen LogP contribution in [0.2, 0.25) is 0 Å². The number of anilines is 1. The molecular formula is C49H52N8O9S. The van der Waals surface area contributed by atoms with Crippen molar-refractivity contribution in [2.75, 3.05) is 11.9 Å². The van der Waals surface area contributed by atoms with Crippen molar-refractivity contribution in [2.24, 2.45) is 5.92 Å². The van der Waals surface area contributed by atoms with Crippen LogP contribution in [0.1, 0.15) is 109 Å². The van der Waals surface area contributed by atoms with E-state index in [0.717, 1.165) is 16.2 Å². The molecule has 18 heteroatoms. The zero-order chi connectivity index (χ0) is 48.5. The molecule has 0 radical (unpaired) electrons. The van der Waals surface area contributed by atoms with Gasteiger partial charge in [-0.3, -0.25) is 14.8 Å². The molecule has 5 aromatic heterocycles. The molecule has 0 aliphatic carbocycles. The third-order valence-corrected chi connectivity index (χ3v) is 10.3. The van der Waals surface area contributed by atoms with Gasteiger partial charge in [-0.15, -0.1) is 0 Å². The summed E-state index contributed by atoms with van der Waals surface area (Å²) in [5.74, 6) is -4.06. The molecule has 0 saturated heterocycles. The SMILES string of the molecule is CC.CC(C)C(=S)Nc1ccc(CCOc2cc(CN(Cc3cccc(C(=O)O)n3)Cc3cccc(C(=O)O)n3)nc(CN(Cc3cccc(C(=O)O)n3)Cc3cccc(C(=O)O)n3)c2)cc1. The number of hydrogen-bond acceptors (Lipinski definition) is 13. The largest absolute Gasteiger partial charge is 0.493 e. The summed E-state index contributed by atoms with van der Waals surface area (Å²) in [6, 6.07) is 30.2. The molecule has 348 valence electrons. The van der Waals surface area contributed by atoms with Gasteiger partial charge in [0.25, 0.3) is 0 Å². The summed E-state index contributed by atoms with van der Waals surface area (Å²) < 4.78 is 6.40. The minimum Gasteiger partial charge on any atom is -0.493 e. The van der Waals surface area contributed by atoms with E-state index in [2.05, 4.69) is 25.3 Å². The molecule has 5 heterocycles. The Balaban J connectivity index is 0.00000414. The molecule has 6 rings (SSSR count). The molecule has 1 aromatic carbocycles. The van der Waals surface area contributed by atoms with Crippen molar-refractivity contribution in [3.63, 3.8) is 0 Å². The lowest BCUT2D eigenvalue weighted by molar-refractivity contribution is 0.0679. The van der Waals surface area contributed by atoms with Crippen molar-refractivity contribution in [1.29, 1.82) is 0 Å². The topological polar surface area (TPSA) is 241 Å². The van der Waals surface area contributed by atoms with E-state index in [4.69, 9.17) is 21.9 Å². The van der Waals surface area contributed by atoms with E-state index < -0.39 is 23.9 Å². The number of hydrogen-bond donors (Lipinski definition) is 5. The van der Waals surface area contributed by atoms with E-state index in [1.54, 1.807) is 60.7 Å². The molecule has 67 heavy (non-hydrogen) atoms. The van der Waals surface area contributed by atoms with Crippen molar-refractivity contribution in [1.82, 2.24) is 34.7 Å². The van der Waals surface area contributed by atoms with Gasteiger partial charge in [-0.05, 0) is 66.2 Å². The van der Waals surface area contributed by atoms with Crippen LogP contribution in [0, 0.1) is 5.92 Å². The van der Waals surface area contributed by atoms with Gasteiger partial charge < -0.3 is 30.5 Å². The fourth-order valence-corrected chi connectivity index (χ4v) is 6.77. The summed E-state index contributed by atoms with van der Waals surface area (Å²) in [6.45, 7) is 9.19. The number of thiocarbonyl (C=S) groups is 1. The average Bonchev–Trinajstić information content (AvgIpc) is 3.30. The molecule has 0 atom stereocenters. The second kappa shape index (κ2) is 24.7. The Kier molecular flexibility index (Phi) is 18.6. The first-order valence-corrected chi connectivity index (χ1v) is 21.8. The van der Waals surface area contributed by atoms with Crippen LogP contribution in [-0.4, -0.2) is 90.6 Å². The average molecular weight is 929 g/mol. The van der Waals surface area contributed by atoms with Gasteiger partial charge in [-0.25, -0.2) is 39.1 Å². The maximum Gasteiger partial charge on any atom is 0.354 e. The van der Waals surface area contributed by atoms with Crippen LogP contribution in [-0.2, 0) is 45.7 Å². The van der Waals surface area contributed by atoms with E-state index >= 15 is 0 Å². The van der Waals surface area contributed by atoms with Gasteiger partial charge in [0.05, 0.1) is 45.8 Å². The molecule has 0 aliphatic rings. The summed E-state index contributed by atoms with van der Waals surface area (Å²) >= 11 is 5.44. The number of carboxylic acid groups (broad SMARTS) is 4. The Morgan fingerprint density at radius 1 is 0.537 bits per heavy atom.